The number of piperazine rings is 1. The predicted molar refractivity (Wildman–Crippen MR) is 159 cm³/mol. The molecule has 1 amide bonds. The average Bonchev–Trinajstić information content (AvgIpc) is 2.92. The zero-order valence-electron chi connectivity index (χ0n) is 24.3. The van der Waals surface area contributed by atoms with Crippen LogP contribution in [0.2, 0.25) is 0 Å². The molecule has 0 saturated carbocycles. The van der Waals surface area contributed by atoms with Crippen LogP contribution in [0, 0.1) is 24.5 Å². The molecule has 2 aliphatic rings. The normalized spacial score (nSPS) is 22.1. The van der Waals surface area contributed by atoms with Crippen LogP contribution < -0.4 is 10.6 Å². The Labute approximate surface area is 242 Å². The lowest BCUT2D eigenvalue weighted by molar-refractivity contribution is -0.118. The lowest BCUT2D eigenvalue weighted by Crippen LogP contribution is -2.48. The van der Waals surface area contributed by atoms with Crippen molar-refractivity contribution in [1.29, 1.82) is 0 Å². The molecule has 3 atom stereocenters. The summed E-state index contributed by atoms with van der Waals surface area (Å²) in [5, 5.41) is 6.42. The molecule has 4 rings (SSSR count). The number of hydrogen-bond acceptors (Lipinski definition) is 6. The smallest absolute Gasteiger partial charge is 0.225 e. The Morgan fingerprint density at radius 1 is 1.30 bits per heavy atom. The Morgan fingerprint density at radius 3 is 2.88 bits per heavy atom. The van der Waals surface area contributed by atoms with Gasteiger partial charge >= 0.3 is 0 Å². The van der Waals surface area contributed by atoms with Gasteiger partial charge in [-0.25, -0.2) is 13.1 Å². The molecule has 1 aromatic heterocycles. The molecule has 9 heteroatoms. The van der Waals surface area contributed by atoms with Crippen molar-refractivity contribution in [2.45, 2.75) is 83.8 Å². The second-order valence-corrected chi connectivity index (χ2v) is 12.9. The summed E-state index contributed by atoms with van der Waals surface area (Å²) >= 11 is 1.86. The minimum absolute atomic E-state index is 0.159. The fraction of sp³-hybridized carbons (Fsp3) is 0.613. The number of halogens is 2. The molecule has 2 N–H and O–H groups in total. The van der Waals surface area contributed by atoms with Gasteiger partial charge in [0.05, 0.1) is 23.7 Å². The quantitative estimate of drug-likeness (QED) is 0.309. The Kier molecular flexibility index (Phi) is 11.0. The van der Waals surface area contributed by atoms with E-state index in [1.54, 1.807) is 19.1 Å². The molecule has 3 heterocycles. The first kappa shape index (κ1) is 30.9. The van der Waals surface area contributed by atoms with E-state index < -0.39 is 5.82 Å². The number of nitrogens with one attached hydrogen (secondary N) is 2. The second kappa shape index (κ2) is 14.2. The molecular weight excluding hydrogens is 530 g/mol. The van der Waals surface area contributed by atoms with Gasteiger partial charge in [-0.15, -0.1) is 0 Å². The highest BCUT2D eigenvalue weighted by Gasteiger charge is 2.35. The summed E-state index contributed by atoms with van der Waals surface area (Å²) in [6.07, 6.45) is 6.88. The lowest BCUT2D eigenvalue weighted by Gasteiger charge is -2.39. The molecule has 0 spiro atoms. The Hall–Kier alpha value is -2.07. The lowest BCUT2D eigenvalue weighted by atomic mass is 9.75. The van der Waals surface area contributed by atoms with E-state index in [9.17, 15) is 9.18 Å². The van der Waals surface area contributed by atoms with Crippen LogP contribution in [0.4, 0.5) is 14.5 Å². The third kappa shape index (κ3) is 8.24. The largest absolute Gasteiger partial charge is 0.376 e. The number of benzene rings is 1. The van der Waals surface area contributed by atoms with E-state index in [1.807, 2.05) is 18.0 Å². The van der Waals surface area contributed by atoms with Crippen molar-refractivity contribution in [3.63, 3.8) is 0 Å². The number of pyridine rings is 1. The van der Waals surface area contributed by atoms with Gasteiger partial charge in [0.15, 0.2) is 0 Å². The molecule has 2 aliphatic heterocycles. The molecule has 2 aromatic rings. The number of ether oxygens (including phenoxy) is 1. The molecule has 0 radical (unpaired) electrons. The minimum atomic E-state index is -0.405. The zero-order valence-corrected chi connectivity index (χ0v) is 25.1. The van der Waals surface area contributed by atoms with Crippen molar-refractivity contribution < 1.29 is 18.3 Å². The van der Waals surface area contributed by atoms with Gasteiger partial charge in [0.2, 0.25) is 5.91 Å². The van der Waals surface area contributed by atoms with Gasteiger partial charge in [-0.05, 0) is 81.9 Å². The molecule has 220 valence electrons. The highest BCUT2D eigenvalue weighted by Crippen LogP contribution is 2.40. The van der Waals surface area contributed by atoms with Crippen LogP contribution in [0.15, 0.2) is 30.6 Å². The standard InChI is InChI=1S/C31H44F2N4O2S/c1-5-14-40-37-12-11-34-18-24(37)8-9-25-28(33)19-35-20-29(25)36-30(38)16-26(22-7-6-21(2)27(32)15-22)23-10-13-39-31(3,4)17-23/h6-7,15,19-20,23-24,26,34H,5,8-14,16-18H2,1-4H3,(H,36,38). The summed E-state index contributed by atoms with van der Waals surface area (Å²) in [6, 6.07) is 5.55. The zero-order chi connectivity index (χ0) is 28.7. The number of aromatic nitrogens is 1. The number of anilines is 1. The number of nitrogens with zero attached hydrogens (tertiary/aromatic N) is 2. The van der Waals surface area contributed by atoms with Crippen molar-refractivity contribution >= 4 is 23.5 Å². The molecule has 3 unspecified atom stereocenters. The van der Waals surface area contributed by atoms with Crippen molar-refractivity contribution in [2.75, 3.05) is 37.3 Å². The summed E-state index contributed by atoms with van der Waals surface area (Å²) in [6.45, 7) is 11.4. The van der Waals surface area contributed by atoms with Gasteiger partial charge < -0.3 is 15.4 Å². The fourth-order valence-electron chi connectivity index (χ4n) is 5.92. The van der Waals surface area contributed by atoms with Crippen LogP contribution in [0.5, 0.6) is 0 Å². The summed E-state index contributed by atoms with van der Waals surface area (Å²) in [5.41, 5.74) is 1.99. The first-order chi connectivity index (χ1) is 19.2. The number of rotatable bonds is 11. The number of aryl methyl sites for hydroxylation is 1. The molecule has 40 heavy (non-hydrogen) atoms. The topological polar surface area (TPSA) is 66.5 Å². The minimum Gasteiger partial charge on any atom is -0.376 e. The first-order valence-electron chi connectivity index (χ1n) is 14.6. The maximum Gasteiger partial charge on any atom is 0.225 e. The van der Waals surface area contributed by atoms with Crippen LogP contribution in [0.1, 0.15) is 75.5 Å². The van der Waals surface area contributed by atoms with E-state index in [0.717, 1.165) is 56.6 Å². The summed E-state index contributed by atoms with van der Waals surface area (Å²) in [7, 11) is 0. The molecular formula is C31H44F2N4O2S. The van der Waals surface area contributed by atoms with E-state index >= 15 is 4.39 Å². The van der Waals surface area contributed by atoms with Crippen LogP contribution in [-0.4, -0.2) is 58.8 Å². The Balaban J connectivity index is 1.49. The van der Waals surface area contributed by atoms with Gasteiger partial charge in [0.25, 0.3) is 0 Å². The second-order valence-electron chi connectivity index (χ2n) is 11.7. The van der Waals surface area contributed by atoms with E-state index in [0.29, 0.717) is 35.9 Å². The third-order valence-corrected chi connectivity index (χ3v) is 9.50. The maximum absolute atomic E-state index is 15.0. The van der Waals surface area contributed by atoms with Crippen LogP contribution in [0.25, 0.3) is 0 Å². The molecule has 1 aromatic carbocycles. The van der Waals surface area contributed by atoms with E-state index in [2.05, 4.69) is 40.7 Å². The summed E-state index contributed by atoms with van der Waals surface area (Å²) in [4.78, 5) is 17.5. The van der Waals surface area contributed by atoms with Gasteiger partial charge in [0.1, 0.15) is 11.6 Å². The van der Waals surface area contributed by atoms with Crippen molar-refractivity contribution in [1.82, 2.24) is 14.6 Å². The SMILES string of the molecule is CCCSN1CCNCC1CCc1c(F)cncc1NC(=O)CC(c1ccc(C)c(F)c1)C1CCOC(C)(C)C1. The fourth-order valence-corrected chi connectivity index (χ4v) is 6.95. The Morgan fingerprint density at radius 2 is 2.12 bits per heavy atom. The van der Waals surface area contributed by atoms with Crippen molar-refractivity contribution in [3.05, 3.63) is 58.9 Å². The average molecular weight is 575 g/mol. The molecule has 2 fully saturated rings. The van der Waals surface area contributed by atoms with E-state index in [4.69, 9.17) is 4.74 Å². The predicted octanol–water partition coefficient (Wildman–Crippen LogP) is 6.25. The summed E-state index contributed by atoms with van der Waals surface area (Å²) < 4.78 is 38.0. The van der Waals surface area contributed by atoms with Gasteiger partial charge in [-0.3, -0.25) is 9.78 Å². The maximum atomic E-state index is 15.0. The van der Waals surface area contributed by atoms with Crippen LogP contribution >= 0.6 is 11.9 Å². The number of carbonyl (C=O) groups excluding carboxylic acids is 1. The van der Waals surface area contributed by atoms with Gasteiger partial charge in [-0.1, -0.05) is 31.0 Å². The van der Waals surface area contributed by atoms with Gasteiger partial charge in [0, 0.05) is 50.0 Å². The van der Waals surface area contributed by atoms with Crippen LogP contribution in [-0.2, 0) is 16.0 Å². The van der Waals surface area contributed by atoms with Crippen molar-refractivity contribution in [3.8, 4) is 0 Å². The van der Waals surface area contributed by atoms with E-state index in [1.165, 1.54) is 12.4 Å². The molecule has 0 aliphatic carbocycles. The highest BCUT2D eigenvalue weighted by atomic mass is 32.2. The molecule has 0 bridgehead atoms. The number of carbonyl (C=O) groups is 1. The highest BCUT2D eigenvalue weighted by molar-refractivity contribution is 7.97. The number of hydrogen-bond donors (Lipinski definition) is 2. The first-order valence-corrected chi connectivity index (χ1v) is 15.5. The van der Waals surface area contributed by atoms with E-state index in [-0.39, 0.29) is 35.6 Å². The summed E-state index contributed by atoms with van der Waals surface area (Å²) in [5.74, 6) is 0.153. The third-order valence-electron chi connectivity index (χ3n) is 8.10. The Bertz CT molecular complexity index is 1150. The molecule has 2 saturated heterocycles. The van der Waals surface area contributed by atoms with Gasteiger partial charge in [-0.2, -0.15) is 0 Å². The number of amides is 1. The molecule has 6 nitrogen and oxygen atoms in total. The van der Waals surface area contributed by atoms with Crippen molar-refractivity contribution in [2.24, 2.45) is 5.92 Å². The monoisotopic (exact) mass is 574 g/mol. The van der Waals surface area contributed by atoms with Crippen LogP contribution in [0.3, 0.4) is 0 Å².